The third-order valence-electron chi connectivity index (χ3n) is 4.44. The first-order chi connectivity index (χ1) is 11.1. The quantitative estimate of drug-likeness (QED) is 0.692. The topological polar surface area (TPSA) is 73.5 Å². The van der Waals surface area contributed by atoms with E-state index >= 15 is 0 Å². The van der Waals surface area contributed by atoms with E-state index in [9.17, 15) is 9.59 Å². The molecule has 3 N–H and O–H groups in total. The molecule has 0 saturated carbocycles. The van der Waals surface area contributed by atoms with Crippen molar-refractivity contribution in [2.75, 3.05) is 26.7 Å². The van der Waals surface area contributed by atoms with Crippen molar-refractivity contribution < 1.29 is 9.59 Å². The van der Waals surface area contributed by atoms with Gasteiger partial charge >= 0.3 is 6.03 Å². The molecule has 1 rings (SSSR count). The largest absolute Gasteiger partial charge is 0.341 e. The van der Waals surface area contributed by atoms with Gasteiger partial charge in [0.1, 0.15) is 6.04 Å². The molecule has 1 aliphatic heterocycles. The molecule has 140 valence electrons. The SMILES string of the molecule is CNCCC1CCN(C(=O)[C@@H](NC(=O)NC(C)(C)C)C(C)C)CC1. The van der Waals surface area contributed by atoms with Crippen LogP contribution in [0.4, 0.5) is 4.79 Å². The van der Waals surface area contributed by atoms with Gasteiger partial charge in [0.15, 0.2) is 0 Å². The fourth-order valence-corrected chi connectivity index (χ4v) is 3.02. The summed E-state index contributed by atoms with van der Waals surface area (Å²) in [4.78, 5) is 26.9. The number of hydrogen-bond acceptors (Lipinski definition) is 3. The van der Waals surface area contributed by atoms with Gasteiger partial charge in [-0.2, -0.15) is 0 Å². The van der Waals surface area contributed by atoms with Gasteiger partial charge in [0.2, 0.25) is 5.91 Å². The lowest BCUT2D eigenvalue weighted by Crippen LogP contribution is -2.57. The Balaban J connectivity index is 2.57. The summed E-state index contributed by atoms with van der Waals surface area (Å²) < 4.78 is 0. The zero-order valence-corrected chi connectivity index (χ0v) is 16.2. The number of nitrogens with zero attached hydrogens (tertiary/aromatic N) is 1. The number of rotatable bonds is 6. The summed E-state index contributed by atoms with van der Waals surface area (Å²) in [5.74, 6) is 0.794. The van der Waals surface area contributed by atoms with Gasteiger partial charge in [-0.05, 0) is 65.5 Å². The van der Waals surface area contributed by atoms with Crippen molar-refractivity contribution in [2.45, 2.75) is 65.5 Å². The molecule has 6 nitrogen and oxygen atoms in total. The predicted molar refractivity (Wildman–Crippen MR) is 97.9 cm³/mol. The molecule has 1 saturated heterocycles. The van der Waals surface area contributed by atoms with E-state index in [-0.39, 0.29) is 23.4 Å². The Hall–Kier alpha value is -1.30. The van der Waals surface area contributed by atoms with Crippen LogP contribution in [0, 0.1) is 11.8 Å². The van der Waals surface area contributed by atoms with Gasteiger partial charge in [-0.1, -0.05) is 13.8 Å². The van der Waals surface area contributed by atoms with Crippen LogP contribution in [0.15, 0.2) is 0 Å². The highest BCUT2D eigenvalue weighted by atomic mass is 16.2. The lowest BCUT2D eigenvalue weighted by molar-refractivity contribution is -0.135. The molecule has 6 heteroatoms. The number of hydrogen-bond donors (Lipinski definition) is 3. The molecule has 0 radical (unpaired) electrons. The van der Waals surface area contributed by atoms with Gasteiger partial charge in [0, 0.05) is 18.6 Å². The average molecular weight is 341 g/mol. The Bertz CT molecular complexity index is 410. The fraction of sp³-hybridized carbons (Fsp3) is 0.889. The summed E-state index contributed by atoms with van der Waals surface area (Å²) >= 11 is 0. The van der Waals surface area contributed by atoms with E-state index in [2.05, 4.69) is 16.0 Å². The van der Waals surface area contributed by atoms with Crippen molar-refractivity contribution in [3.05, 3.63) is 0 Å². The maximum Gasteiger partial charge on any atom is 0.315 e. The smallest absolute Gasteiger partial charge is 0.315 e. The number of amides is 3. The van der Waals surface area contributed by atoms with Crippen LogP contribution in [0.1, 0.15) is 53.9 Å². The minimum absolute atomic E-state index is 0.0427. The van der Waals surface area contributed by atoms with Gasteiger partial charge in [-0.15, -0.1) is 0 Å². The maximum absolute atomic E-state index is 12.8. The highest BCUT2D eigenvalue weighted by molar-refractivity contribution is 5.87. The van der Waals surface area contributed by atoms with Crippen LogP contribution in [0.25, 0.3) is 0 Å². The highest BCUT2D eigenvalue weighted by Gasteiger charge is 2.31. The number of urea groups is 1. The van der Waals surface area contributed by atoms with Crippen LogP contribution in [0.5, 0.6) is 0 Å². The number of nitrogens with one attached hydrogen (secondary N) is 3. The Morgan fingerprint density at radius 2 is 1.75 bits per heavy atom. The molecule has 1 atom stereocenters. The summed E-state index contributed by atoms with van der Waals surface area (Å²) in [5, 5.41) is 8.92. The molecule has 0 aromatic carbocycles. The predicted octanol–water partition coefficient (Wildman–Crippen LogP) is 1.96. The molecule has 0 spiro atoms. The lowest BCUT2D eigenvalue weighted by Gasteiger charge is -2.35. The molecule has 0 unspecified atom stereocenters. The average Bonchev–Trinajstić information content (AvgIpc) is 2.48. The summed E-state index contributed by atoms with van der Waals surface area (Å²) in [6.07, 6.45) is 3.26. The Morgan fingerprint density at radius 1 is 1.17 bits per heavy atom. The molecule has 0 aromatic heterocycles. The first-order valence-electron chi connectivity index (χ1n) is 9.16. The monoisotopic (exact) mass is 340 g/mol. The van der Waals surface area contributed by atoms with Crippen molar-refractivity contribution in [3.63, 3.8) is 0 Å². The van der Waals surface area contributed by atoms with Gasteiger partial charge < -0.3 is 20.9 Å². The van der Waals surface area contributed by atoms with Crippen LogP contribution in [0.3, 0.4) is 0 Å². The second kappa shape index (κ2) is 9.25. The van der Waals surface area contributed by atoms with Crippen LogP contribution >= 0.6 is 0 Å². The Kier molecular flexibility index (Phi) is 8.00. The third kappa shape index (κ3) is 7.07. The summed E-state index contributed by atoms with van der Waals surface area (Å²) in [6, 6.07) is -0.750. The van der Waals surface area contributed by atoms with Gasteiger partial charge in [-0.25, -0.2) is 4.79 Å². The summed E-state index contributed by atoms with van der Waals surface area (Å²) in [6.45, 7) is 12.3. The second-order valence-electron chi connectivity index (χ2n) is 8.23. The van der Waals surface area contributed by atoms with Crippen molar-refractivity contribution in [3.8, 4) is 0 Å². The van der Waals surface area contributed by atoms with Crippen LogP contribution in [-0.2, 0) is 4.79 Å². The van der Waals surface area contributed by atoms with E-state index in [4.69, 9.17) is 0 Å². The molecular weight excluding hydrogens is 304 g/mol. The zero-order chi connectivity index (χ0) is 18.3. The fourth-order valence-electron chi connectivity index (χ4n) is 3.02. The Morgan fingerprint density at radius 3 is 2.21 bits per heavy atom. The van der Waals surface area contributed by atoms with Gasteiger partial charge in [0.25, 0.3) is 0 Å². The molecule has 1 fully saturated rings. The maximum atomic E-state index is 12.8. The molecular formula is C18H36N4O2. The van der Waals surface area contributed by atoms with Crippen molar-refractivity contribution in [2.24, 2.45) is 11.8 Å². The van der Waals surface area contributed by atoms with E-state index in [0.29, 0.717) is 5.92 Å². The van der Waals surface area contributed by atoms with Crippen LogP contribution < -0.4 is 16.0 Å². The summed E-state index contributed by atoms with van der Waals surface area (Å²) in [5.41, 5.74) is -0.319. The normalized spacial score (nSPS) is 17.7. The lowest BCUT2D eigenvalue weighted by atomic mass is 9.92. The number of piperidine rings is 1. The molecule has 0 aromatic rings. The first kappa shape index (κ1) is 20.7. The Labute approximate surface area is 147 Å². The third-order valence-corrected chi connectivity index (χ3v) is 4.44. The number of carbonyl (C=O) groups excluding carboxylic acids is 2. The minimum atomic E-state index is -0.471. The second-order valence-corrected chi connectivity index (χ2v) is 8.23. The van der Waals surface area contributed by atoms with E-state index in [1.165, 1.54) is 6.42 Å². The van der Waals surface area contributed by atoms with Gasteiger partial charge in [0.05, 0.1) is 0 Å². The van der Waals surface area contributed by atoms with E-state index < -0.39 is 6.04 Å². The van der Waals surface area contributed by atoms with Gasteiger partial charge in [-0.3, -0.25) is 4.79 Å². The molecule has 3 amide bonds. The minimum Gasteiger partial charge on any atom is -0.341 e. The molecule has 0 bridgehead atoms. The molecule has 0 aliphatic carbocycles. The van der Waals surface area contributed by atoms with Crippen LogP contribution in [0.2, 0.25) is 0 Å². The van der Waals surface area contributed by atoms with Crippen molar-refractivity contribution >= 4 is 11.9 Å². The molecule has 24 heavy (non-hydrogen) atoms. The van der Waals surface area contributed by atoms with Crippen molar-refractivity contribution in [1.82, 2.24) is 20.9 Å². The van der Waals surface area contributed by atoms with Crippen molar-refractivity contribution in [1.29, 1.82) is 0 Å². The first-order valence-corrected chi connectivity index (χ1v) is 9.16. The zero-order valence-electron chi connectivity index (χ0n) is 16.2. The van der Waals surface area contributed by atoms with E-state index in [1.807, 2.05) is 46.6 Å². The molecule has 1 aliphatic rings. The van der Waals surface area contributed by atoms with E-state index in [1.54, 1.807) is 0 Å². The highest BCUT2D eigenvalue weighted by Crippen LogP contribution is 2.21. The molecule has 1 heterocycles. The number of likely N-dealkylation sites (tertiary alicyclic amines) is 1. The van der Waals surface area contributed by atoms with E-state index in [0.717, 1.165) is 32.5 Å². The van der Waals surface area contributed by atoms with Crippen LogP contribution in [-0.4, -0.2) is 55.1 Å². The summed E-state index contributed by atoms with van der Waals surface area (Å²) in [7, 11) is 1.97. The standard InChI is InChI=1S/C18H36N4O2/c1-13(2)15(20-17(24)21-18(3,4)5)16(23)22-11-8-14(9-12-22)7-10-19-6/h13-15,19H,7-12H2,1-6H3,(H2,20,21,24)/t15-/m0/s1. The number of carbonyl (C=O) groups is 2.